The first-order chi connectivity index (χ1) is 12.5. The second-order valence-electron chi connectivity index (χ2n) is 5.65. The van der Waals surface area contributed by atoms with Crippen molar-refractivity contribution < 1.29 is 4.79 Å². The van der Waals surface area contributed by atoms with Gasteiger partial charge in [-0.15, -0.1) is 10.2 Å². The van der Waals surface area contributed by atoms with Gasteiger partial charge in [0.05, 0.1) is 11.4 Å². The number of rotatable bonds is 6. The molecule has 1 aromatic carbocycles. The maximum Gasteiger partial charge on any atom is 0.271 e. The van der Waals surface area contributed by atoms with Crippen LogP contribution in [-0.4, -0.2) is 36.3 Å². The molecule has 3 aromatic rings. The van der Waals surface area contributed by atoms with Gasteiger partial charge in [0.2, 0.25) is 11.1 Å². The highest BCUT2D eigenvalue weighted by Gasteiger charge is 2.16. The first kappa shape index (κ1) is 18.3. The number of benzene rings is 1. The number of carbonyl (C=O) groups is 1. The van der Waals surface area contributed by atoms with E-state index in [1.54, 1.807) is 10.7 Å². The van der Waals surface area contributed by atoms with E-state index in [1.165, 1.54) is 16.4 Å². The molecule has 2 aromatic heterocycles. The number of carbonyl (C=O) groups excluding carboxylic acids is 1. The summed E-state index contributed by atoms with van der Waals surface area (Å²) in [7, 11) is 0. The molecule has 0 saturated carbocycles. The largest absolute Gasteiger partial charge is 0.351 e. The summed E-state index contributed by atoms with van der Waals surface area (Å²) in [5.41, 5.74) is 2.62. The highest BCUT2D eigenvalue weighted by Crippen LogP contribution is 2.18. The second-order valence-corrected chi connectivity index (χ2v) is 7.00. The van der Waals surface area contributed by atoms with Crippen LogP contribution in [0.2, 0.25) is 5.02 Å². The Kier molecular flexibility index (Phi) is 5.48. The summed E-state index contributed by atoms with van der Waals surface area (Å²) in [4.78, 5) is 12.1. The van der Waals surface area contributed by atoms with Crippen LogP contribution < -0.4 is 11.2 Å². The number of aryl methyl sites for hydroxylation is 2. The van der Waals surface area contributed by atoms with E-state index in [0.717, 1.165) is 17.0 Å². The molecule has 3 N–H and O–H groups in total. The van der Waals surface area contributed by atoms with Crippen LogP contribution in [0.3, 0.4) is 0 Å². The van der Waals surface area contributed by atoms with Crippen LogP contribution in [0.4, 0.5) is 0 Å². The van der Waals surface area contributed by atoms with Crippen molar-refractivity contribution in [3.05, 3.63) is 52.3 Å². The maximum atomic E-state index is 12.1. The Labute approximate surface area is 159 Å². The van der Waals surface area contributed by atoms with Crippen molar-refractivity contribution in [1.82, 2.24) is 30.0 Å². The monoisotopic (exact) mass is 391 g/mol. The quantitative estimate of drug-likeness (QED) is 0.491. The molecule has 0 saturated heterocycles. The van der Waals surface area contributed by atoms with E-state index in [4.69, 9.17) is 17.4 Å². The van der Waals surface area contributed by atoms with Crippen molar-refractivity contribution in [3.8, 4) is 5.95 Å². The first-order valence-electron chi connectivity index (χ1n) is 7.82. The lowest BCUT2D eigenvalue weighted by Gasteiger charge is -2.07. The predicted molar refractivity (Wildman–Crippen MR) is 101 cm³/mol. The van der Waals surface area contributed by atoms with Gasteiger partial charge in [0, 0.05) is 17.3 Å². The minimum absolute atomic E-state index is 0.148. The number of nitrogens with two attached hydrogens (primary N) is 1. The number of thioether (sulfide) groups is 1. The van der Waals surface area contributed by atoms with Crippen molar-refractivity contribution in [3.63, 3.8) is 0 Å². The molecule has 0 aliphatic heterocycles. The summed E-state index contributed by atoms with van der Waals surface area (Å²) >= 11 is 7.27. The predicted octanol–water partition coefficient (Wildman–Crippen LogP) is 1.86. The standard InChI is InChI=1S/C16H18ClN7OS/c1-10-7-11(2)24(22-10)15-20-21-16(23(15)18)26-9-14(25)19-8-12-5-3-4-6-13(12)17/h3-7H,8-9,18H2,1-2H3,(H,19,25). The van der Waals surface area contributed by atoms with Gasteiger partial charge in [-0.3, -0.25) is 4.79 Å². The van der Waals surface area contributed by atoms with Gasteiger partial charge >= 0.3 is 0 Å². The lowest BCUT2D eigenvalue weighted by molar-refractivity contribution is -0.118. The molecule has 0 aliphatic rings. The van der Waals surface area contributed by atoms with Crippen molar-refractivity contribution in [2.24, 2.45) is 0 Å². The summed E-state index contributed by atoms with van der Waals surface area (Å²) in [5.74, 6) is 6.46. The van der Waals surface area contributed by atoms with Crippen LogP contribution in [0.5, 0.6) is 0 Å². The third-order valence-electron chi connectivity index (χ3n) is 3.61. The third kappa shape index (κ3) is 4.00. The number of halogens is 1. The summed E-state index contributed by atoms with van der Waals surface area (Å²) in [6, 6.07) is 9.29. The third-order valence-corrected chi connectivity index (χ3v) is 4.92. The molecule has 0 radical (unpaired) electrons. The Hall–Kier alpha value is -2.52. The van der Waals surface area contributed by atoms with Crippen LogP contribution in [-0.2, 0) is 11.3 Å². The van der Waals surface area contributed by atoms with Crippen LogP contribution >= 0.6 is 23.4 Å². The fourth-order valence-corrected chi connectivity index (χ4v) is 3.24. The Bertz CT molecular complexity index is 937. The van der Waals surface area contributed by atoms with Gasteiger partial charge in [-0.05, 0) is 31.5 Å². The van der Waals surface area contributed by atoms with Gasteiger partial charge in [0.25, 0.3) is 5.95 Å². The zero-order valence-corrected chi connectivity index (χ0v) is 15.9. The molecular formula is C16H18ClN7OS. The number of nitrogens with one attached hydrogen (secondary N) is 1. The van der Waals surface area contributed by atoms with E-state index in [2.05, 4.69) is 20.6 Å². The number of amides is 1. The minimum Gasteiger partial charge on any atom is -0.351 e. The smallest absolute Gasteiger partial charge is 0.271 e. The molecule has 0 aliphatic carbocycles. The molecule has 0 atom stereocenters. The van der Waals surface area contributed by atoms with Crippen LogP contribution in [0.25, 0.3) is 5.95 Å². The lowest BCUT2D eigenvalue weighted by atomic mass is 10.2. The van der Waals surface area contributed by atoms with Gasteiger partial charge < -0.3 is 11.2 Å². The summed E-state index contributed by atoms with van der Waals surface area (Å²) in [5, 5.41) is 16.3. The van der Waals surface area contributed by atoms with E-state index < -0.39 is 0 Å². The summed E-state index contributed by atoms with van der Waals surface area (Å²) in [6.07, 6.45) is 0. The first-order valence-corrected chi connectivity index (χ1v) is 9.19. The summed E-state index contributed by atoms with van der Waals surface area (Å²) in [6.45, 7) is 4.16. The number of nitrogens with zero attached hydrogens (tertiary/aromatic N) is 5. The van der Waals surface area contributed by atoms with Gasteiger partial charge in [-0.1, -0.05) is 41.6 Å². The molecule has 8 nitrogen and oxygen atoms in total. The van der Waals surface area contributed by atoms with Gasteiger partial charge in [-0.2, -0.15) is 5.10 Å². The molecule has 26 heavy (non-hydrogen) atoms. The fraction of sp³-hybridized carbons (Fsp3) is 0.250. The molecule has 0 unspecified atom stereocenters. The Morgan fingerprint density at radius 1 is 1.31 bits per heavy atom. The maximum absolute atomic E-state index is 12.1. The topological polar surface area (TPSA) is 104 Å². The van der Waals surface area contributed by atoms with Crippen molar-refractivity contribution in [2.75, 3.05) is 11.6 Å². The fourth-order valence-electron chi connectivity index (χ4n) is 2.36. The Balaban J connectivity index is 1.59. The van der Waals surface area contributed by atoms with E-state index in [1.807, 2.05) is 38.1 Å². The van der Waals surface area contributed by atoms with Crippen LogP contribution in [0.1, 0.15) is 17.0 Å². The normalized spacial score (nSPS) is 10.9. The zero-order chi connectivity index (χ0) is 18.7. The highest BCUT2D eigenvalue weighted by atomic mass is 35.5. The van der Waals surface area contributed by atoms with Crippen molar-refractivity contribution >= 4 is 29.3 Å². The zero-order valence-electron chi connectivity index (χ0n) is 14.3. The molecule has 0 spiro atoms. The molecular weight excluding hydrogens is 374 g/mol. The molecule has 3 rings (SSSR count). The number of aromatic nitrogens is 5. The number of hydrogen-bond acceptors (Lipinski definition) is 6. The molecule has 2 heterocycles. The molecule has 1 amide bonds. The molecule has 136 valence electrons. The van der Waals surface area contributed by atoms with Crippen LogP contribution in [0, 0.1) is 13.8 Å². The Morgan fingerprint density at radius 3 is 2.77 bits per heavy atom. The Morgan fingerprint density at radius 2 is 2.08 bits per heavy atom. The van der Waals surface area contributed by atoms with Gasteiger partial charge in [0.15, 0.2) is 0 Å². The van der Waals surface area contributed by atoms with Crippen molar-refractivity contribution in [1.29, 1.82) is 0 Å². The highest BCUT2D eigenvalue weighted by molar-refractivity contribution is 7.99. The number of nitrogen functional groups attached to an aromatic ring is 1. The van der Waals surface area contributed by atoms with E-state index in [-0.39, 0.29) is 11.7 Å². The van der Waals surface area contributed by atoms with Gasteiger partial charge in [0.1, 0.15) is 0 Å². The second kappa shape index (κ2) is 7.79. The van der Waals surface area contributed by atoms with Crippen molar-refractivity contribution in [2.45, 2.75) is 25.5 Å². The lowest BCUT2D eigenvalue weighted by Crippen LogP contribution is -2.25. The number of hydrogen-bond donors (Lipinski definition) is 2. The van der Waals surface area contributed by atoms with Crippen LogP contribution in [0.15, 0.2) is 35.5 Å². The van der Waals surface area contributed by atoms with E-state index >= 15 is 0 Å². The average molecular weight is 392 g/mol. The van der Waals surface area contributed by atoms with E-state index in [9.17, 15) is 4.79 Å². The minimum atomic E-state index is -0.148. The SMILES string of the molecule is Cc1cc(C)n(-c2nnc(SCC(=O)NCc3ccccc3Cl)n2N)n1. The summed E-state index contributed by atoms with van der Waals surface area (Å²) < 4.78 is 2.94. The average Bonchev–Trinajstić information content (AvgIpc) is 3.13. The molecule has 10 heteroatoms. The van der Waals surface area contributed by atoms with Gasteiger partial charge in [-0.25, -0.2) is 9.36 Å². The molecule has 0 fully saturated rings. The van der Waals surface area contributed by atoms with E-state index in [0.29, 0.717) is 22.7 Å². The molecule has 0 bridgehead atoms.